The van der Waals surface area contributed by atoms with Gasteiger partial charge >= 0.3 is 0 Å². The summed E-state index contributed by atoms with van der Waals surface area (Å²) in [5.74, 6) is 1.88. The van der Waals surface area contributed by atoms with Crippen LogP contribution in [-0.2, 0) is 0 Å². The molecule has 0 aliphatic heterocycles. The van der Waals surface area contributed by atoms with Crippen molar-refractivity contribution in [2.24, 2.45) is 11.8 Å². The van der Waals surface area contributed by atoms with Gasteiger partial charge in [0.1, 0.15) is 0 Å². The van der Waals surface area contributed by atoms with Crippen LogP contribution in [0.4, 0.5) is 0 Å². The van der Waals surface area contributed by atoms with E-state index in [4.69, 9.17) is 0 Å². The van der Waals surface area contributed by atoms with Crippen LogP contribution in [0.3, 0.4) is 0 Å². The highest BCUT2D eigenvalue weighted by atomic mass is 79.9. The van der Waals surface area contributed by atoms with Crippen LogP contribution in [0.25, 0.3) is 0 Å². The van der Waals surface area contributed by atoms with Gasteiger partial charge in [0, 0.05) is 4.83 Å². The molecule has 0 aromatic carbocycles. The third kappa shape index (κ3) is 3.93. The molecule has 1 saturated carbocycles. The summed E-state index contributed by atoms with van der Waals surface area (Å²) in [4.78, 5) is 0.809. The minimum atomic E-state index is 0.809. The van der Waals surface area contributed by atoms with E-state index in [-0.39, 0.29) is 0 Å². The lowest BCUT2D eigenvalue weighted by Crippen LogP contribution is -2.07. The van der Waals surface area contributed by atoms with Crippen LogP contribution in [0.5, 0.6) is 0 Å². The van der Waals surface area contributed by atoms with Crippen LogP contribution < -0.4 is 0 Å². The largest absolute Gasteiger partial charge is 0.0891 e. The molecule has 1 rings (SSSR count). The second kappa shape index (κ2) is 5.26. The van der Waals surface area contributed by atoms with Crippen molar-refractivity contribution in [1.29, 1.82) is 0 Å². The lowest BCUT2D eigenvalue weighted by atomic mass is 9.91. The molecule has 0 heterocycles. The van der Waals surface area contributed by atoms with Gasteiger partial charge in [0.2, 0.25) is 0 Å². The van der Waals surface area contributed by atoms with E-state index in [0.29, 0.717) is 0 Å². The summed E-state index contributed by atoms with van der Waals surface area (Å²) in [6, 6.07) is 0. The van der Waals surface area contributed by atoms with Gasteiger partial charge in [0.05, 0.1) is 0 Å². The third-order valence-electron chi connectivity index (χ3n) is 2.77. The molecule has 0 saturated heterocycles. The Morgan fingerprint density at radius 2 is 1.92 bits per heavy atom. The van der Waals surface area contributed by atoms with Crippen molar-refractivity contribution >= 4 is 15.9 Å². The highest BCUT2D eigenvalue weighted by molar-refractivity contribution is 9.09. The van der Waals surface area contributed by atoms with Gasteiger partial charge < -0.3 is 0 Å². The molecule has 72 valence electrons. The zero-order valence-corrected chi connectivity index (χ0v) is 9.94. The van der Waals surface area contributed by atoms with Crippen molar-refractivity contribution in [2.75, 3.05) is 0 Å². The fraction of sp³-hybridized carbons (Fsp3) is 1.00. The van der Waals surface area contributed by atoms with Crippen molar-refractivity contribution < 1.29 is 0 Å². The molecule has 0 bridgehead atoms. The molecular formula is C11H21Br. The maximum absolute atomic E-state index is 3.77. The number of hydrogen-bond donors (Lipinski definition) is 0. The Morgan fingerprint density at radius 3 is 2.58 bits per heavy atom. The standard InChI is InChI=1S/C11H21Br/c1-9(2)7-10-5-3-4-6-11(12)8-10/h9-11H,3-8H2,1-2H3. The van der Waals surface area contributed by atoms with E-state index >= 15 is 0 Å². The molecule has 0 radical (unpaired) electrons. The number of halogens is 1. The SMILES string of the molecule is CC(C)CC1CCCCC(Br)C1. The average molecular weight is 233 g/mol. The van der Waals surface area contributed by atoms with Crippen LogP contribution in [-0.4, -0.2) is 4.83 Å². The van der Waals surface area contributed by atoms with Crippen LogP contribution in [0, 0.1) is 11.8 Å². The van der Waals surface area contributed by atoms with E-state index in [1.165, 1.54) is 38.5 Å². The first-order chi connectivity index (χ1) is 5.68. The second-order valence-corrected chi connectivity index (χ2v) is 5.91. The highest BCUT2D eigenvalue weighted by Crippen LogP contribution is 2.31. The molecule has 2 unspecified atom stereocenters. The van der Waals surface area contributed by atoms with Gasteiger partial charge in [-0.2, -0.15) is 0 Å². The summed E-state index contributed by atoms with van der Waals surface area (Å²) in [5, 5.41) is 0. The number of rotatable bonds is 2. The molecule has 1 fully saturated rings. The summed E-state index contributed by atoms with van der Waals surface area (Å²) in [7, 11) is 0. The van der Waals surface area contributed by atoms with Crippen molar-refractivity contribution in [1.82, 2.24) is 0 Å². The maximum Gasteiger partial charge on any atom is 0.0148 e. The minimum absolute atomic E-state index is 0.809. The zero-order valence-electron chi connectivity index (χ0n) is 8.35. The molecule has 0 spiro atoms. The van der Waals surface area contributed by atoms with E-state index < -0.39 is 0 Å². The van der Waals surface area contributed by atoms with E-state index in [1.807, 2.05) is 0 Å². The smallest absolute Gasteiger partial charge is 0.0148 e. The molecular weight excluding hydrogens is 212 g/mol. The Kier molecular flexibility index (Phi) is 4.63. The van der Waals surface area contributed by atoms with E-state index in [1.54, 1.807) is 0 Å². The van der Waals surface area contributed by atoms with E-state index in [0.717, 1.165) is 16.7 Å². The first-order valence-corrected chi connectivity index (χ1v) is 6.24. The predicted octanol–water partition coefficient (Wildman–Crippen LogP) is 4.38. The van der Waals surface area contributed by atoms with Gasteiger partial charge in [0.25, 0.3) is 0 Å². The highest BCUT2D eigenvalue weighted by Gasteiger charge is 2.18. The number of alkyl halides is 1. The quantitative estimate of drug-likeness (QED) is 0.490. The van der Waals surface area contributed by atoms with Gasteiger partial charge in [-0.25, -0.2) is 0 Å². The molecule has 0 nitrogen and oxygen atoms in total. The van der Waals surface area contributed by atoms with Gasteiger partial charge in [-0.05, 0) is 31.1 Å². The summed E-state index contributed by atoms with van der Waals surface area (Å²) in [6.07, 6.45) is 8.61. The summed E-state index contributed by atoms with van der Waals surface area (Å²) >= 11 is 3.77. The predicted molar refractivity (Wildman–Crippen MR) is 58.7 cm³/mol. The fourth-order valence-electron chi connectivity index (χ4n) is 2.28. The molecule has 1 heteroatoms. The van der Waals surface area contributed by atoms with Crippen molar-refractivity contribution in [2.45, 2.75) is 57.2 Å². The number of hydrogen-bond acceptors (Lipinski definition) is 0. The molecule has 0 aromatic rings. The average Bonchev–Trinajstić information content (AvgIpc) is 2.12. The molecule has 0 N–H and O–H groups in total. The van der Waals surface area contributed by atoms with Gasteiger partial charge in [-0.15, -0.1) is 0 Å². The van der Waals surface area contributed by atoms with E-state index in [2.05, 4.69) is 29.8 Å². The molecule has 0 aromatic heterocycles. The Hall–Kier alpha value is 0.480. The first-order valence-electron chi connectivity index (χ1n) is 5.32. The summed E-state index contributed by atoms with van der Waals surface area (Å²) < 4.78 is 0. The normalized spacial score (nSPS) is 32.0. The Balaban J connectivity index is 2.31. The van der Waals surface area contributed by atoms with E-state index in [9.17, 15) is 0 Å². The van der Waals surface area contributed by atoms with Crippen molar-refractivity contribution in [3.05, 3.63) is 0 Å². The molecule has 1 aliphatic carbocycles. The zero-order chi connectivity index (χ0) is 8.97. The first kappa shape index (κ1) is 10.6. The van der Waals surface area contributed by atoms with Crippen LogP contribution in [0.1, 0.15) is 52.4 Å². The lowest BCUT2D eigenvalue weighted by molar-refractivity contribution is 0.373. The van der Waals surface area contributed by atoms with Crippen molar-refractivity contribution in [3.8, 4) is 0 Å². The van der Waals surface area contributed by atoms with Crippen molar-refractivity contribution in [3.63, 3.8) is 0 Å². The van der Waals surface area contributed by atoms with Gasteiger partial charge in [-0.1, -0.05) is 49.0 Å². The molecule has 2 atom stereocenters. The van der Waals surface area contributed by atoms with Gasteiger partial charge in [-0.3, -0.25) is 0 Å². The third-order valence-corrected chi connectivity index (χ3v) is 3.61. The fourth-order valence-corrected chi connectivity index (χ4v) is 3.13. The summed E-state index contributed by atoms with van der Waals surface area (Å²) in [6.45, 7) is 4.68. The Morgan fingerprint density at radius 1 is 1.25 bits per heavy atom. The summed E-state index contributed by atoms with van der Waals surface area (Å²) in [5.41, 5.74) is 0. The second-order valence-electron chi connectivity index (χ2n) is 4.61. The monoisotopic (exact) mass is 232 g/mol. The molecule has 0 amide bonds. The molecule has 12 heavy (non-hydrogen) atoms. The Bertz CT molecular complexity index is 120. The Labute approximate surface area is 85.3 Å². The van der Waals surface area contributed by atoms with Gasteiger partial charge in [0.15, 0.2) is 0 Å². The minimum Gasteiger partial charge on any atom is -0.0891 e. The van der Waals surface area contributed by atoms with Crippen LogP contribution in [0.2, 0.25) is 0 Å². The van der Waals surface area contributed by atoms with Crippen LogP contribution >= 0.6 is 15.9 Å². The topological polar surface area (TPSA) is 0 Å². The lowest BCUT2D eigenvalue weighted by Gasteiger charge is -2.17. The molecule has 1 aliphatic rings. The van der Waals surface area contributed by atoms with Crippen LogP contribution in [0.15, 0.2) is 0 Å². The maximum atomic E-state index is 3.77.